The van der Waals surface area contributed by atoms with Crippen LogP contribution in [0.25, 0.3) is 11.1 Å². The minimum absolute atomic E-state index is 0.0713. The van der Waals surface area contributed by atoms with E-state index in [1.54, 1.807) is 30.3 Å². The predicted molar refractivity (Wildman–Crippen MR) is 135 cm³/mol. The molecule has 0 amide bonds. The van der Waals surface area contributed by atoms with E-state index in [4.69, 9.17) is 19.1 Å². The van der Waals surface area contributed by atoms with Gasteiger partial charge in [0.25, 0.3) is 10.1 Å². The highest BCUT2D eigenvalue weighted by Gasteiger charge is 2.23. The van der Waals surface area contributed by atoms with Gasteiger partial charge in [0.05, 0.1) is 11.2 Å². The quantitative estimate of drug-likeness (QED) is 0.217. The van der Waals surface area contributed by atoms with Gasteiger partial charge in [-0.2, -0.15) is 8.42 Å². The Kier molecular flexibility index (Phi) is 8.14. The second-order valence-corrected chi connectivity index (χ2v) is 9.91. The maximum Gasteiger partial charge on any atom is 0.298 e. The fourth-order valence-corrected chi connectivity index (χ4v) is 4.52. The molecule has 0 fully saturated rings. The maximum atomic E-state index is 13.5. The molecule has 4 rings (SSSR count). The molecule has 1 aromatic heterocycles. The average molecular weight is 511 g/mol. The van der Waals surface area contributed by atoms with Gasteiger partial charge >= 0.3 is 0 Å². The van der Waals surface area contributed by atoms with Crippen molar-refractivity contribution in [2.45, 2.75) is 37.3 Å². The molecule has 7 nitrogen and oxygen atoms in total. The fraction of sp³-hybridized carbons (Fsp3) is 0.222. The zero-order chi connectivity index (χ0) is 25.5. The first-order valence-electron chi connectivity index (χ1n) is 11.4. The third-order valence-electron chi connectivity index (χ3n) is 5.55. The third kappa shape index (κ3) is 6.57. The summed E-state index contributed by atoms with van der Waals surface area (Å²) >= 11 is 0. The first-order chi connectivity index (χ1) is 17.3. The minimum Gasteiger partial charge on any atom is -0.489 e. The summed E-state index contributed by atoms with van der Waals surface area (Å²) in [6.45, 7) is 1.51. The summed E-state index contributed by atoms with van der Waals surface area (Å²) in [4.78, 5) is 4.43. The Hall–Kier alpha value is -3.53. The van der Waals surface area contributed by atoms with Crippen LogP contribution in [0, 0.1) is 6.92 Å². The number of aromatic nitrogens is 1. The number of oxazole rings is 1. The summed E-state index contributed by atoms with van der Waals surface area (Å²) < 4.78 is 54.8. The van der Waals surface area contributed by atoms with Gasteiger partial charge < -0.3 is 14.9 Å². The van der Waals surface area contributed by atoms with Gasteiger partial charge in [-0.1, -0.05) is 48.0 Å². The molecule has 3 aromatic carbocycles. The van der Waals surface area contributed by atoms with Crippen molar-refractivity contribution < 1.29 is 26.1 Å². The normalized spacial score (nSPS) is 13.1. The van der Waals surface area contributed by atoms with E-state index in [0.29, 0.717) is 29.2 Å². The number of benzene rings is 3. The van der Waals surface area contributed by atoms with E-state index in [9.17, 15) is 12.8 Å². The number of hydrogen-bond acceptors (Lipinski definition) is 7. The van der Waals surface area contributed by atoms with Gasteiger partial charge in [-0.05, 0) is 49.6 Å². The zero-order valence-electron chi connectivity index (χ0n) is 19.8. The van der Waals surface area contributed by atoms with Crippen LogP contribution in [-0.2, 0) is 27.1 Å². The van der Waals surface area contributed by atoms with Gasteiger partial charge in [-0.25, -0.2) is 13.6 Å². The van der Waals surface area contributed by atoms with E-state index in [1.165, 1.54) is 17.7 Å². The first kappa shape index (κ1) is 25.6. The molecular formula is C27H27FN2O5S. The Morgan fingerprint density at radius 1 is 1.08 bits per heavy atom. The predicted octanol–water partition coefficient (Wildman–Crippen LogP) is 5.23. The SMILES string of the molecule is Cc1ccc(S(=O)(=O)OC(N)/C(=C/F)COc2ccc3nc(CCCc4ccccc4)oc3c2)cc1. The van der Waals surface area contributed by atoms with Crippen molar-refractivity contribution in [1.29, 1.82) is 0 Å². The molecule has 1 heterocycles. The van der Waals surface area contributed by atoms with Gasteiger partial charge in [-0.15, -0.1) is 0 Å². The Labute approximate surface area is 209 Å². The van der Waals surface area contributed by atoms with Crippen LogP contribution in [0.15, 0.2) is 94.0 Å². The Morgan fingerprint density at radius 2 is 1.83 bits per heavy atom. The van der Waals surface area contributed by atoms with E-state index in [-0.39, 0.29) is 23.4 Å². The smallest absolute Gasteiger partial charge is 0.298 e. The monoisotopic (exact) mass is 510 g/mol. The van der Waals surface area contributed by atoms with Crippen LogP contribution >= 0.6 is 0 Å². The number of hydrogen-bond donors (Lipinski definition) is 1. The lowest BCUT2D eigenvalue weighted by molar-refractivity contribution is 0.225. The Balaban J connectivity index is 1.34. The number of rotatable bonds is 11. The number of aryl methyl sites for hydroxylation is 3. The molecular weight excluding hydrogens is 483 g/mol. The lowest BCUT2D eigenvalue weighted by atomic mass is 10.1. The zero-order valence-corrected chi connectivity index (χ0v) is 20.6. The number of ether oxygens (including phenoxy) is 1. The summed E-state index contributed by atoms with van der Waals surface area (Å²) in [5.74, 6) is 1.02. The van der Waals surface area contributed by atoms with Crippen LogP contribution in [0.4, 0.5) is 4.39 Å². The topological polar surface area (TPSA) is 105 Å². The number of nitrogens with two attached hydrogens (primary N) is 1. The highest BCUT2D eigenvalue weighted by atomic mass is 32.2. The summed E-state index contributed by atoms with van der Waals surface area (Å²) in [6, 6.07) is 21.3. The number of fused-ring (bicyclic) bond motifs is 1. The van der Waals surface area contributed by atoms with Crippen molar-refractivity contribution in [2.24, 2.45) is 5.73 Å². The minimum atomic E-state index is -4.18. The molecule has 9 heteroatoms. The highest BCUT2D eigenvalue weighted by Crippen LogP contribution is 2.24. The molecule has 36 heavy (non-hydrogen) atoms. The largest absolute Gasteiger partial charge is 0.489 e. The van der Waals surface area contributed by atoms with Crippen molar-refractivity contribution in [3.05, 3.63) is 102 Å². The number of nitrogens with zero attached hydrogens (tertiary/aromatic N) is 1. The maximum absolute atomic E-state index is 13.5. The third-order valence-corrected chi connectivity index (χ3v) is 6.86. The van der Waals surface area contributed by atoms with Gasteiger partial charge in [0.15, 0.2) is 17.7 Å². The van der Waals surface area contributed by atoms with Crippen molar-refractivity contribution in [3.63, 3.8) is 0 Å². The lowest BCUT2D eigenvalue weighted by Crippen LogP contribution is -2.31. The van der Waals surface area contributed by atoms with Crippen molar-refractivity contribution in [1.82, 2.24) is 4.98 Å². The molecule has 0 bridgehead atoms. The molecule has 0 radical (unpaired) electrons. The first-order valence-corrected chi connectivity index (χ1v) is 12.9. The molecule has 1 atom stereocenters. The molecule has 188 valence electrons. The van der Waals surface area contributed by atoms with Crippen LogP contribution < -0.4 is 10.5 Å². The van der Waals surface area contributed by atoms with Crippen molar-refractivity contribution in [2.75, 3.05) is 6.61 Å². The van der Waals surface area contributed by atoms with E-state index in [2.05, 4.69) is 17.1 Å². The lowest BCUT2D eigenvalue weighted by Gasteiger charge is -2.16. The summed E-state index contributed by atoms with van der Waals surface area (Å²) in [6.07, 6.45) is 1.15. The average Bonchev–Trinajstić information content (AvgIpc) is 3.27. The van der Waals surface area contributed by atoms with E-state index < -0.39 is 16.3 Å². The molecule has 0 aliphatic carbocycles. The Bertz CT molecular complexity index is 1430. The molecule has 2 N–H and O–H groups in total. The summed E-state index contributed by atoms with van der Waals surface area (Å²) in [5.41, 5.74) is 9.00. The summed E-state index contributed by atoms with van der Waals surface area (Å²) in [5, 5.41) is 0. The van der Waals surface area contributed by atoms with Crippen LogP contribution in [0.2, 0.25) is 0 Å². The van der Waals surface area contributed by atoms with E-state index in [1.807, 2.05) is 25.1 Å². The second-order valence-electron chi connectivity index (χ2n) is 8.33. The van der Waals surface area contributed by atoms with Crippen LogP contribution in [-0.4, -0.2) is 26.2 Å². The molecule has 1 unspecified atom stereocenters. The molecule has 0 aliphatic rings. The number of halogens is 1. The van der Waals surface area contributed by atoms with E-state index in [0.717, 1.165) is 18.4 Å². The van der Waals surface area contributed by atoms with Crippen molar-refractivity contribution in [3.8, 4) is 5.75 Å². The molecule has 0 saturated heterocycles. The molecule has 0 saturated carbocycles. The van der Waals surface area contributed by atoms with Gasteiger partial charge in [0.1, 0.15) is 17.9 Å². The van der Waals surface area contributed by atoms with Crippen LogP contribution in [0.3, 0.4) is 0 Å². The standard InChI is InChI=1S/C27H27FN2O5S/c1-19-10-13-23(14-11-19)36(31,32)35-27(29)21(17-28)18-33-22-12-15-24-25(16-22)34-26(30-24)9-5-8-20-6-3-2-4-7-20/h2-4,6-7,10-17,27H,5,8-9,18,29H2,1H3/b21-17+. The van der Waals surface area contributed by atoms with Gasteiger partial charge in [0, 0.05) is 18.1 Å². The summed E-state index contributed by atoms with van der Waals surface area (Å²) in [7, 11) is -4.18. The molecule has 0 spiro atoms. The molecule has 4 aromatic rings. The van der Waals surface area contributed by atoms with Gasteiger partial charge in [0.2, 0.25) is 0 Å². The van der Waals surface area contributed by atoms with E-state index >= 15 is 0 Å². The van der Waals surface area contributed by atoms with Crippen LogP contribution in [0.5, 0.6) is 5.75 Å². The fourth-order valence-electron chi connectivity index (χ4n) is 3.54. The van der Waals surface area contributed by atoms with Crippen LogP contribution in [0.1, 0.15) is 23.4 Å². The second kappa shape index (κ2) is 11.5. The molecule has 0 aliphatic heterocycles. The highest BCUT2D eigenvalue weighted by molar-refractivity contribution is 7.86. The van der Waals surface area contributed by atoms with Gasteiger partial charge in [-0.3, -0.25) is 0 Å². The Morgan fingerprint density at radius 3 is 2.56 bits per heavy atom. The van der Waals surface area contributed by atoms with Crippen molar-refractivity contribution >= 4 is 21.2 Å².